The number of rotatable bonds is 3. The van der Waals surface area contributed by atoms with Crippen molar-refractivity contribution in [2.75, 3.05) is 6.26 Å². The van der Waals surface area contributed by atoms with Gasteiger partial charge in [-0.05, 0) is 18.9 Å². The lowest BCUT2D eigenvalue weighted by Crippen LogP contribution is -2.01. The molecular weight excluding hydrogens is 122 g/mol. The van der Waals surface area contributed by atoms with Crippen LogP contribution in [-0.4, -0.2) is 23.2 Å². The van der Waals surface area contributed by atoms with Gasteiger partial charge in [0.15, 0.2) is 0 Å². The maximum absolute atomic E-state index is 6.73. The maximum Gasteiger partial charge on any atom is 0.116 e. The Morgan fingerprint density at radius 2 is 2.38 bits per heavy atom. The Bertz CT molecular complexity index is 91.3. The highest BCUT2D eigenvalue weighted by atomic mass is 32.2. The van der Waals surface area contributed by atoms with E-state index in [1.807, 2.05) is 13.2 Å². The summed E-state index contributed by atoms with van der Waals surface area (Å²) in [6.07, 6.45) is 4.66. The van der Waals surface area contributed by atoms with Crippen LogP contribution in [0.15, 0.2) is 5.10 Å². The van der Waals surface area contributed by atoms with E-state index in [9.17, 15) is 0 Å². The molecule has 4 heteroatoms. The molecule has 0 aromatic carbocycles. The van der Waals surface area contributed by atoms with Gasteiger partial charge in [-0.15, -0.1) is 0 Å². The first-order valence-electron chi connectivity index (χ1n) is 2.17. The van der Waals surface area contributed by atoms with E-state index in [1.54, 1.807) is 6.21 Å². The van der Waals surface area contributed by atoms with E-state index < -0.39 is 0 Å². The van der Waals surface area contributed by atoms with Gasteiger partial charge >= 0.3 is 0 Å². The summed E-state index contributed by atoms with van der Waals surface area (Å²) in [4.78, 5) is 0. The van der Waals surface area contributed by atoms with Gasteiger partial charge in [0.05, 0.1) is 0 Å². The number of nitrogens with one attached hydrogen (secondary N) is 1. The van der Waals surface area contributed by atoms with Crippen molar-refractivity contribution < 1.29 is 0 Å². The molecule has 0 amide bonds. The normalized spacial score (nSPS) is 9.75. The summed E-state index contributed by atoms with van der Waals surface area (Å²) in [6, 6.07) is 0. The SMILES string of the molecule is C/C=N\N(C=N)SC. The molecule has 3 nitrogen and oxygen atoms in total. The van der Waals surface area contributed by atoms with Crippen LogP contribution < -0.4 is 0 Å². The van der Waals surface area contributed by atoms with Gasteiger partial charge in [-0.1, -0.05) is 0 Å². The Balaban J connectivity index is 3.52. The van der Waals surface area contributed by atoms with Crippen molar-refractivity contribution in [1.82, 2.24) is 4.41 Å². The average Bonchev–Trinajstić information content (AvgIpc) is 1.83. The van der Waals surface area contributed by atoms with E-state index in [1.165, 1.54) is 16.4 Å². The predicted molar refractivity (Wildman–Crippen MR) is 38.3 cm³/mol. The highest BCUT2D eigenvalue weighted by Crippen LogP contribution is 1.99. The second kappa shape index (κ2) is 4.64. The Morgan fingerprint density at radius 1 is 1.75 bits per heavy atom. The summed E-state index contributed by atoms with van der Waals surface area (Å²) in [7, 11) is 0. The van der Waals surface area contributed by atoms with Gasteiger partial charge in [0.2, 0.25) is 0 Å². The molecule has 0 heterocycles. The lowest BCUT2D eigenvalue weighted by molar-refractivity contribution is 0.761. The summed E-state index contributed by atoms with van der Waals surface area (Å²) in [5.74, 6) is 0. The largest absolute Gasteiger partial charge is 0.289 e. The van der Waals surface area contributed by atoms with Crippen LogP contribution in [0, 0.1) is 5.41 Å². The zero-order valence-corrected chi connectivity index (χ0v) is 5.77. The molecule has 0 aliphatic heterocycles. The summed E-state index contributed by atoms with van der Waals surface area (Å²) in [5, 5.41) is 10.5. The maximum atomic E-state index is 6.73. The molecule has 0 aromatic rings. The lowest BCUT2D eigenvalue weighted by atomic mass is 10.9. The van der Waals surface area contributed by atoms with Gasteiger partial charge < -0.3 is 0 Å². The van der Waals surface area contributed by atoms with E-state index in [0.717, 1.165) is 6.34 Å². The number of hydrogen-bond acceptors (Lipinski definition) is 3. The first-order valence-corrected chi connectivity index (χ1v) is 3.35. The van der Waals surface area contributed by atoms with Crippen molar-refractivity contribution >= 4 is 24.5 Å². The standard InChI is InChI=1S/C4H9N3S/c1-3-6-7(4-5)8-2/h3-5H,1-2H3/b5-4?,6-3-. The summed E-state index contributed by atoms with van der Waals surface area (Å²) in [6.45, 7) is 1.81. The fourth-order valence-electron chi connectivity index (χ4n) is 0.247. The Morgan fingerprint density at radius 3 is 2.50 bits per heavy atom. The van der Waals surface area contributed by atoms with E-state index in [2.05, 4.69) is 5.10 Å². The minimum atomic E-state index is 1.16. The molecule has 0 aromatic heterocycles. The molecule has 0 atom stereocenters. The molecule has 0 saturated heterocycles. The third kappa shape index (κ3) is 2.63. The van der Waals surface area contributed by atoms with Gasteiger partial charge in [-0.3, -0.25) is 5.41 Å². The first kappa shape index (κ1) is 7.49. The topological polar surface area (TPSA) is 39.5 Å². The minimum absolute atomic E-state index is 1.16. The van der Waals surface area contributed by atoms with Crippen LogP contribution in [-0.2, 0) is 0 Å². The molecular formula is C4H9N3S. The molecule has 0 radical (unpaired) electrons. The molecule has 0 spiro atoms. The van der Waals surface area contributed by atoms with E-state index in [4.69, 9.17) is 5.41 Å². The summed E-state index contributed by atoms with van der Waals surface area (Å²) in [5.41, 5.74) is 0. The van der Waals surface area contributed by atoms with Crippen molar-refractivity contribution in [1.29, 1.82) is 5.41 Å². The zero-order chi connectivity index (χ0) is 6.41. The number of hydrazone groups is 1. The molecule has 1 N–H and O–H groups in total. The fraction of sp³-hybridized carbons (Fsp3) is 0.500. The Hall–Kier alpha value is -0.510. The van der Waals surface area contributed by atoms with E-state index in [0.29, 0.717) is 0 Å². The second-order valence-corrected chi connectivity index (χ2v) is 1.73. The van der Waals surface area contributed by atoms with Crippen molar-refractivity contribution in [3.63, 3.8) is 0 Å². The fourth-order valence-corrected chi connectivity index (χ4v) is 0.541. The van der Waals surface area contributed by atoms with Crippen LogP contribution in [0.5, 0.6) is 0 Å². The quantitative estimate of drug-likeness (QED) is 0.270. The molecule has 8 heavy (non-hydrogen) atoms. The third-order valence-electron chi connectivity index (χ3n) is 0.527. The molecule has 46 valence electrons. The third-order valence-corrected chi connectivity index (χ3v) is 1.10. The summed E-state index contributed by atoms with van der Waals surface area (Å²) < 4.78 is 1.46. The van der Waals surface area contributed by atoms with Crippen LogP contribution in [0.25, 0.3) is 0 Å². The molecule has 0 saturated carbocycles. The molecule has 0 rings (SSSR count). The molecule has 0 fully saturated rings. The van der Waals surface area contributed by atoms with Gasteiger partial charge in [-0.25, -0.2) is 0 Å². The van der Waals surface area contributed by atoms with Gasteiger partial charge in [0.25, 0.3) is 0 Å². The van der Waals surface area contributed by atoms with Gasteiger partial charge in [-0.2, -0.15) is 9.52 Å². The predicted octanol–water partition coefficient (Wildman–Crippen LogP) is 1.18. The molecule has 0 unspecified atom stereocenters. The van der Waals surface area contributed by atoms with Crippen LogP contribution >= 0.6 is 11.9 Å². The van der Waals surface area contributed by atoms with Crippen LogP contribution in [0.2, 0.25) is 0 Å². The Kier molecular flexibility index (Phi) is 4.35. The smallest absolute Gasteiger partial charge is 0.116 e. The monoisotopic (exact) mass is 131 g/mol. The van der Waals surface area contributed by atoms with Crippen LogP contribution in [0.1, 0.15) is 6.92 Å². The van der Waals surface area contributed by atoms with Crippen molar-refractivity contribution in [2.45, 2.75) is 6.92 Å². The van der Waals surface area contributed by atoms with Crippen LogP contribution in [0.3, 0.4) is 0 Å². The van der Waals surface area contributed by atoms with Crippen molar-refractivity contribution in [3.05, 3.63) is 0 Å². The average molecular weight is 131 g/mol. The highest BCUT2D eigenvalue weighted by Gasteiger charge is 1.85. The highest BCUT2D eigenvalue weighted by molar-refractivity contribution is 7.96. The van der Waals surface area contributed by atoms with Crippen molar-refractivity contribution in [2.24, 2.45) is 5.10 Å². The Labute approximate surface area is 53.4 Å². The lowest BCUT2D eigenvalue weighted by Gasteiger charge is -2.04. The molecule has 0 bridgehead atoms. The van der Waals surface area contributed by atoms with E-state index in [-0.39, 0.29) is 0 Å². The number of nitrogens with zero attached hydrogens (tertiary/aromatic N) is 2. The molecule has 0 aliphatic rings. The second-order valence-electron chi connectivity index (χ2n) is 0.988. The zero-order valence-electron chi connectivity index (χ0n) is 4.96. The number of hydrogen-bond donors (Lipinski definition) is 1. The van der Waals surface area contributed by atoms with Gasteiger partial charge in [0, 0.05) is 12.5 Å². The van der Waals surface area contributed by atoms with Crippen molar-refractivity contribution in [3.8, 4) is 0 Å². The molecule has 0 aliphatic carbocycles. The van der Waals surface area contributed by atoms with Gasteiger partial charge in [0.1, 0.15) is 6.34 Å². The van der Waals surface area contributed by atoms with E-state index >= 15 is 0 Å². The summed E-state index contributed by atoms with van der Waals surface area (Å²) >= 11 is 1.39. The first-order chi connectivity index (χ1) is 3.85. The minimum Gasteiger partial charge on any atom is -0.289 e. The van der Waals surface area contributed by atoms with Crippen LogP contribution in [0.4, 0.5) is 0 Å².